The number of rotatable bonds is 5. The van der Waals surface area contributed by atoms with Gasteiger partial charge in [0, 0.05) is 13.1 Å². The van der Waals surface area contributed by atoms with Gasteiger partial charge in [-0.05, 0) is 86.7 Å². The predicted molar refractivity (Wildman–Crippen MR) is 126 cm³/mol. The van der Waals surface area contributed by atoms with Gasteiger partial charge in [0.1, 0.15) is 0 Å². The molecule has 0 aromatic heterocycles. The van der Waals surface area contributed by atoms with Gasteiger partial charge in [0.05, 0.1) is 12.2 Å². The Kier molecular flexibility index (Phi) is 7.15. The summed E-state index contributed by atoms with van der Waals surface area (Å²) in [6.07, 6.45) is 5.99. The number of halogens is 3. The highest BCUT2D eigenvalue weighted by Crippen LogP contribution is 2.59. The maximum atomic E-state index is 12.9. The van der Waals surface area contributed by atoms with Crippen molar-refractivity contribution >= 4 is 0 Å². The fourth-order valence-corrected chi connectivity index (χ4v) is 7.26. The summed E-state index contributed by atoms with van der Waals surface area (Å²) in [5, 5.41) is 30.0. The molecule has 3 N–H and O–H groups in total. The number of fused-ring (bicyclic) bond motifs is 1. The zero-order chi connectivity index (χ0) is 24.9. The molecule has 0 radical (unpaired) electrons. The van der Waals surface area contributed by atoms with Crippen LogP contribution < -0.4 is 0 Å². The lowest BCUT2D eigenvalue weighted by Gasteiger charge is -2.48. The molecule has 34 heavy (non-hydrogen) atoms. The van der Waals surface area contributed by atoms with E-state index < -0.39 is 24.0 Å². The molecule has 3 saturated carbocycles. The van der Waals surface area contributed by atoms with Crippen LogP contribution in [0.3, 0.4) is 0 Å². The van der Waals surface area contributed by atoms with Crippen molar-refractivity contribution in [2.24, 2.45) is 23.2 Å². The van der Waals surface area contributed by atoms with Gasteiger partial charge in [0.2, 0.25) is 0 Å². The first kappa shape index (κ1) is 25.9. The second kappa shape index (κ2) is 9.38. The van der Waals surface area contributed by atoms with Crippen molar-refractivity contribution in [2.75, 3.05) is 19.6 Å². The minimum Gasteiger partial charge on any atom is -0.388 e. The number of aliphatic hydroxyl groups excluding tert-OH is 2. The molecule has 0 aromatic carbocycles. The van der Waals surface area contributed by atoms with Crippen molar-refractivity contribution in [2.45, 2.75) is 89.2 Å². The topological polar surface area (TPSA) is 63.9 Å². The highest BCUT2D eigenvalue weighted by Gasteiger charge is 2.60. The lowest BCUT2D eigenvalue weighted by Crippen LogP contribution is -2.69. The maximum absolute atomic E-state index is 12.9. The molecule has 7 heteroatoms. The second-order valence-electron chi connectivity index (χ2n) is 11.7. The largest absolute Gasteiger partial charge is 0.419 e. The molecule has 0 aromatic rings. The fourth-order valence-electron chi connectivity index (χ4n) is 7.26. The molecule has 1 unspecified atom stereocenters. The Morgan fingerprint density at radius 1 is 1.15 bits per heavy atom. The highest BCUT2D eigenvalue weighted by molar-refractivity contribution is 5.29. The summed E-state index contributed by atoms with van der Waals surface area (Å²) in [5.41, 5.74) is 0.689. The summed E-state index contributed by atoms with van der Waals surface area (Å²) in [6, 6.07) is 0. The summed E-state index contributed by atoms with van der Waals surface area (Å²) in [7, 11) is 0. The normalized spacial score (nSPS) is 38.5. The molecule has 0 spiro atoms. The number of β-amino-alcohol motifs (C(OH)–C–C–N with tert-alkyl or cyclic N) is 1. The van der Waals surface area contributed by atoms with Crippen LogP contribution in [0.15, 0.2) is 35.5 Å². The number of alkyl halides is 3. The van der Waals surface area contributed by atoms with Gasteiger partial charge in [-0.25, -0.2) is 0 Å². The Balaban J connectivity index is 1.36. The van der Waals surface area contributed by atoms with Crippen LogP contribution in [0.4, 0.5) is 13.2 Å². The van der Waals surface area contributed by atoms with Gasteiger partial charge < -0.3 is 15.3 Å². The first-order chi connectivity index (χ1) is 15.8. The van der Waals surface area contributed by atoms with Gasteiger partial charge in [-0.2, -0.15) is 13.2 Å². The summed E-state index contributed by atoms with van der Waals surface area (Å²) < 4.78 is 38.7. The lowest BCUT2D eigenvalue weighted by molar-refractivity contribution is -0.301. The van der Waals surface area contributed by atoms with Crippen molar-refractivity contribution in [3.8, 4) is 0 Å². The van der Waals surface area contributed by atoms with Crippen LogP contribution in [0.5, 0.6) is 0 Å². The monoisotopic (exact) mass is 483 g/mol. The molecular formula is C27H40F3NO3. The number of likely N-dealkylation sites (tertiary alicyclic amines) is 1. The minimum absolute atomic E-state index is 0.198. The zero-order valence-corrected chi connectivity index (χ0v) is 20.4. The van der Waals surface area contributed by atoms with Crippen LogP contribution in [-0.2, 0) is 0 Å². The number of allylic oxidation sites excluding steroid dienone is 3. The predicted octanol–water partition coefficient (Wildman–Crippen LogP) is 4.76. The average Bonchev–Trinajstić information content (AvgIpc) is 3.09. The third kappa shape index (κ3) is 4.78. The Morgan fingerprint density at radius 2 is 1.79 bits per heavy atom. The van der Waals surface area contributed by atoms with Crippen LogP contribution in [0.25, 0.3) is 0 Å². The molecule has 0 bridgehead atoms. The minimum atomic E-state index is -4.55. The van der Waals surface area contributed by atoms with Crippen LogP contribution >= 0.6 is 0 Å². The number of nitrogens with zero attached hydrogens (tertiary/aromatic N) is 1. The Bertz CT molecular complexity index is 829. The molecule has 4 rings (SSSR count). The van der Waals surface area contributed by atoms with Gasteiger partial charge in [-0.1, -0.05) is 43.7 Å². The van der Waals surface area contributed by atoms with Gasteiger partial charge >= 0.3 is 6.18 Å². The molecule has 1 saturated heterocycles. The van der Waals surface area contributed by atoms with E-state index in [0.717, 1.165) is 37.7 Å². The molecule has 192 valence electrons. The van der Waals surface area contributed by atoms with Crippen molar-refractivity contribution in [1.29, 1.82) is 0 Å². The zero-order valence-electron chi connectivity index (χ0n) is 20.4. The molecule has 1 heterocycles. The van der Waals surface area contributed by atoms with Gasteiger partial charge in [-0.3, -0.25) is 4.90 Å². The van der Waals surface area contributed by atoms with E-state index in [0.29, 0.717) is 42.7 Å². The van der Waals surface area contributed by atoms with Gasteiger partial charge in [0.25, 0.3) is 0 Å². The number of hydrogen-bond donors (Lipinski definition) is 3. The summed E-state index contributed by atoms with van der Waals surface area (Å²) >= 11 is 0. The first-order valence-electron chi connectivity index (χ1n) is 12.8. The molecule has 4 nitrogen and oxygen atoms in total. The lowest BCUT2D eigenvalue weighted by atomic mass is 9.61. The Morgan fingerprint density at radius 3 is 2.41 bits per heavy atom. The third-order valence-corrected chi connectivity index (χ3v) is 9.42. The van der Waals surface area contributed by atoms with Crippen LogP contribution in [0, 0.1) is 23.2 Å². The van der Waals surface area contributed by atoms with Crippen LogP contribution in [0.2, 0.25) is 0 Å². The number of aliphatic hydroxyl groups is 3. The van der Waals surface area contributed by atoms with Crippen molar-refractivity contribution in [3.63, 3.8) is 0 Å². The van der Waals surface area contributed by atoms with E-state index >= 15 is 0 Å². The molecule has 1 aliphatic heterocycles. The number of hydrogen-bond acceptors (Lipinski definition) is 4. The first-order valence-corrected chi connectivity index (χ1v) is 12.8. The van der Waals surface area contributed by atoms with Crippen molar-refractivity contribution in [1.82, 2.24) is 4.90 Å². The quantitative estimate of drug-likeness (QED) is 0.494. The van der Waals surface area contributed by atoms with Crippen molar-refractivity contribution < 1.29 is 28.5 Å². The average molecular weight is 484 g/mol. The second-order valence-corrected chi connectivity index (χ2v) is 11.7. The van der Waals surface area contributed by atoms with E-state index in [1.165, 1.54) is 12.0 Å². The van der Waals surface area contributed by atoms with E-state index in [2.05, 4.69) is 32.6 Å². The van der Waals surface area contributed by atoms with E-state index in [-0.39, 0.29) is 18.5 Å². The fraction of sp³-hybridized carbons (Fsp3) is 0.778. The maximum Gasteiger partial charge on any atom is 0.419 e. The smallest absolute Gasteiger partial charge is 0.388 e. The summed E-state index contributed by atoms with van der Waals surface area (Å²) in [6.45, 7) is 8.40. The van der Waals surface area contributed by atoms with Gasteiger partial charge in [0.15, 0.2) is 5.60 Å². The molecule has 3 aliphatic carbocycles. The standard InChI is InChI=1S/C27H40F3NO3/c1-17(10-12-31-15-26(34,16-31)27(28,29)30)21-8-9-22-20(5-4-11-25(21,22)3)7-6-19-13-23(32)18(2)24(33)14-19/h6-7,17,21-24,32-34H,2,4-5,8-16H2,1,3H3/t17?,21-,22+,23-,24-,25-/m1/s1. The SMILES string of the molecule is C=C1[C@H](O)CC(=CC=C2CCC[C@]3(C)[C@@H](C(C)CCN4CC(O)(C(F)(F)F)C4)CC[C@@H]23)C[C@H]1O. The summed E-state index contributed by atoms with van der Waals surface area (Å²) in [4.78, 5) is 1.72. The van der Waals surface area contributed by atoms with E-state index in [9.17, 15) is 28.5 Å². The van der Waals surface area contributed by atoms with E-state index in [1.54, 1.807) is 4.90 Å². The molecular weight excluding hydrogens is 443 g/mol. The van der Waals surface area contributed by atoms with Crippen molar-refractivity contribution in [3.05, 3.63) is 35.5 Å². The Labute approximate surface area is 201 Å². The van der Waals surface area contributed by atoms with E-state index in [1.807, 2.05) is 0 Å². The summed E-state index contributed by atoms with van der Waals surface area (Å²) in [5.74, 6) is 1.47. The van der Waals surface area contributed by atoms with E-state index in [4.69, 9.17) is 0 Å². The molecule has 4 fully saturated rings. The Hall–Kier alpha value is -1.15. The molecule has 4 aliphatic rings. The molecule has 6 atom stereocenters. The third-order valence-electron chi connectivity index (χ3n) is 9.42. The highest BCUT2D eigenvalue weighted by atomic mass is 19.4. The van der Waals surface area contributed by atoms with Gasteiger partial charge in [-0.15, -0.1) is 0 Å². The van der Waals surface area contributed by atoms with Crippen LogP contribution in [0.1, 0.15) is 65.2 Å². The molecule has 0 amide bonds. The van der Waals surface area contributed by atoms with Crippen LogP contribution in [-0.4, -0.2) is 63.8 Å².